The van der Waals surface area contributed by atoms with Gasteiger partial charge in [0.15, 0.2) is 11.5 Å². The first-order valence-electron chi connectivity index (χ1n) is 13.5. The minimum atomic E-state index is -0.681. The summed E-state index contributed by atoms with van der Waals surface area (Å²) in [7, 11) is 0. The van der Waals surface area contributed by atoms with Gasteiger partial charge in [-0.25, -0.2) is 4.98 Å². The molecular weight excluding hydrogens is 589 g/mol. The van der Waals surface area contributed by atoms with Crippen LogP contribution in [-0.4, -0.2) is 77.6 Å². The third-order valence-corrected chi connectivity index (χ3v) is 7.81. The van der Waals surface area contributed by atoms with E-state index in [0.29, 0.717) is 23.7 Å². The molecule has 0 bridgehead atoms. The molecule has 5 rings (SSSR count). The van der Waals surface area contributed by atoms with Crippen LogP contribution in [0.3, 0.4) is 0 Å². The van der Waals surface area contributed by atoms with E-state index in [4.69, 9.17) is 21.1 Å². The van der Waals surface area contributed by atoms with E-state index >= 15 is 0 Å². The van der Waals surface area contributed by atoms with Crippen LogP contribution in [0.5, 0.6) is 11.5 Å². The van der Waals surface area contributed by atoms with Crippen molar-refractivity contribution in [2.45, 2.75) is 39.7 Å². The fourth-order valence-electron chi connectivity index (χ4n) is 5.30. The number of aromatic nitrogens is 2. The van der Waals surface area contributed by atoms with Crippen LogP contribution >= 0.6 is 36.4 Å². The molecule has 12 heteroatoms. The Balaban J connectivity index is 0.00000231. The summed E-state index contributed by atoms with van der Waals surface area (Å²) >= 11 is 6.30. The Morgan fingerprint density at radius 3 is 2.56 bits per heavy atom. The minimum Gasteiger partial charge on any atom is -0.454 e. The van der Waals surface area contributed by atoms with E-state index in [-0.39, 0.29) is 44.1 Å². The number of β-amino-alcohol motifs (C(OH)–C–C–N with tert-alkyl or cyclic N) is 1. The molecule has 0 saturated carbocycles. The molecule has 2 aliphatic rings. The molecule has 1 unspecified atom stereocenters. The summed E-state index contributed by atoms with van der Waals surface area (Å²) in [5.74, 6) is 1.92. The standard InChI is InChI=1S/C29H36ClN5O4.2ClH/c1-4-6-27-32-28(20(3)35(27)21-9-10-25-26(15-21)39-18-38-25)29(37)31-16-22(36)17-33-11-13-34(14-12-33)24-8-5-7-23(30)19(24)2;;/h5,7-10,15,22,36H,4,6,11-14,16-18H2,1-3H3,(H,31,37);2*1H. The van der Waals surface area contributed by atoms with E-state index in [9.17, 15) is 9.90 Å². The molecule has 41 heavy (non-hydrogen) atoms. The number of nitrogens with one attached hydrogen (secondary N) is 1. The molecule has 3 aromatic rings. The van der Waals surface area contributed by atoms with Crippen molar-refractivity contribution in [2.75, 3.05) is 51.0 Å². The molecule has 1 aromatic heterocycles. The lowest BCUT2D eigenvalue weighted by Gasteiger charge is -2.37. The molecule has 2 aromatic carbocycles. The van der Waals surface area contributed by atoms with Gasteiger partial charge in [-0.05, 0) is 50.1 Å². The molecular formula is C29H38Cl3N5O4. The number of carbonyl (C=O) groups is 1. The number of amides is 1. The molecule has 1 saturated heterocycles. The summed E-state index contributed by atoms with van der Waals surface area (Å²) in [6, 6.07) is 11.7. The molecule has 2 aliphatic heterocycles. The van der Waals surface area contributed by atoms with Crippen LogP contribution in [0.2, 0.25) is 5.02 Å². The number of anilines is 1. The normalized spacial score (nSPS) is 15.2. The molecule has 3 heterocycles. The first-order valence-corrected chi connectivity index (χ1v) is 13.9. The van der Waals surface area contributed by atoms with E-state index in [1.165, 1.54) is 0 Å². The second-order valence-corrected chi connectivity index (χ2v) is 10.5. The van der Waals surface area contributed by atoms with Crippen LogP contribution in [0, 0.1) is 13.8 Å². The van der Waals surface area contributed by atoms with Gasteiger partial charge in [0.2, 0.25) is 6.79 Å². The lowest BCUT2D eigenvalue weighted by molar-refractivity contribution is 0.0847. The van der Waals surface area contributed by atoms with Gasteiger partial charge in [-0.15, -0.1) is 24.8 Å². The first kappa shape index (κ1) is 32.8. The van der Waals surface area contributed by atoms with E-state index in [2.05, 4.69) is 33.1 Å². The van der Waals surface area contributed by atoms with E-state index in [1.54, 1.807) is 0 Å². The number of benzene rings is 2. The molecule has 1 fully saturated rings. The summed E-state index contributed by atoms with van der Waals surface area (Å²) in [5.41, 5.74) is 4.24. The zero-order valence-corrected chi connectivity index (χ0v) is 25.9. The van der Waals surface area contributed by atoms with Crippen molar-refractivity contribution in [3.05, 3.63) is 64.2 Å². The third-order valence-electron chi connectivity index (χ3n) is 7.40. The number of rotatable bonds is 9. The van der Waals surface area contributed by atoms with Crippen LogP contribution in [-0.2, 0) is 6.42 Å². The molecule has 2 N–H and O–H groups in total. The molecule has 1 atom stereocenters. The van der Waals surface area contributed by atoms with Crippen LogP contribution in [0.1, 0.15) is 40.9 Å². The summed E-state index contributed by atoms with van der Waals surface area (Å²) < 4.78 is 13.0. The number of hydrogen-bond acceptors (Lipinski definition) is 7. The van der Waals surface area contributed by atoms with E-state index in [1.807, 2.05) is 48.7 Å². The zero-order chi connectivity index (χ0) is 27.5. The fourth-order valence-corrected chi connectivity index (χ4v) is 5.47. The van der Waals surface area contributed by atoms with E-state index in [0.717, 1.165) is 72.5 Å². The number of aliphatic hydroxyl groups is 1. The van der Waals surface area contributed by atoms with Gasteiger partial charge in [0.25, 0.3) is 5.91 Å². The average molecular weight is 627 g/mol. The lowest BCUT2D eigenvalue weighted by atomic mass is 10.1. The predicted molar refractivity (Wildman–Crippen MR) is 166 cm³/mol. The Labute approximate surface area is 258 Å². The molecule has 0 spiro atoms. The van der Waals surface area contributed by atoms with Gasteiger partial charge in [-0.3, -0.25) is 9.69 Å². The van der Waals surface area contributed by atoms with Gasteiger partial charge in [-0.1, -0.05) is 24.6 Å². The Morgan fingerprint density at radius 1 is 1.10 bits per heavy atom. The average Bonchev–Trinajstić information content (AvgIpc) is 3.53. The summed E-state index contributed by atoms with van der Waals surface area (Å²) in [4.78, 5) is 22.4. The highest BCUT2D eigenvalue weighted by Gasteiger charge is 2.24. The Morgan fingerprint density at radius 2 is 1.83 bits per heavy atom. The van der Waals surface area contributed by atoms with Crippen molar-refractivity contribution in [1.82, 2.24) is 19.8 Å². The largest absolute Gasteiger partial charge is 0.454 e. The zero-order valence-electron chi connectivity index (χ0n) is 23.6. The van der Waals surface area contributed by atoms with Gasteiger partial charge in [-0.2, -0.15) is 0 Å². The SMILES string of the molecule is CCCc1nc(C(=O)NCC(O)CN2CCN(c3cccc(Cl)c3C)CC2)c(C)n1-c1ccc2c(c1)OCO2.Cl.Cl. The van der Waals surface area contributed by atoms with Crippen molar-refractivity contribution in [1.29, 1.82) is 0 Å². The summed E-state index contributed by atoms with van der Waals surface area (Å²) in [6.45, 7) is 10.3. The molecule has 1 amide bonds. The number of ether oxygens (including phenoxy) is 2. The second kappa shape index (κ2) is 14.5. The monoisotopic (exact) mass is 625 g/mol. The van der Waals surface area contributed by atoms with Crippen LogP contribution in [0.15, 0.2) is 36.4 Å². The number of nitrogens with zero attached hydrogens (tertiary/aromatic N) is 4. The summed E-state index contributed by atoms with van der Waals surface area (Å²) in [6.07, 6.45) is 0.941. The van der Waals surface area contributed by atoms with Gasteiger partial charge in [0, 0.05) is 62.5 Å². The number of carbonyl (C=O) groups excluding carboxylic acids is 1. The van der Waals surface area contributed by atoms with Crippen molar-refractivity contribution in [3.63, 3.8) is 0 Å². The molecule has 9 nitrogen and oxygen atoms in total. The maximum absolute atomic E-state index is 13.1. The van der Waals surface area contributed by atoms with Crippen LogP contribution in [0.25, 0.3) is 5.69 Å². The fraction of sp³-hybridized carbons (Fsp3) is 0.448. The number of imidazole rings is 1. The maximum atomic E-state index is 13.1. The smallest absolute Gasteiger partial charge is 0.271 e. The highest BCUT2D eigenvalue weighted by atomic mass is 35.5. The highest BCUT2D eigenvalue weighted by molar-refractivity contribution is 6.31. The van der Waals surface area contributed by atoms with Gasteiger partial charge < -0.3 is 29.4 Å². The van der Waals surface area contributed by atoms with Gasteiger partial charge in [0.1, 0.15) is 11.5 Å². The number of aryl methyl sites for hydroxylation is 1. The lowest BCUT2D eigenvalue weighted by Crippen LogP contribution is -2.50. The van der Waals surface area contributed by atoms with Crippen LogP contribution in [0.4, 0.5) is 5.69 Å². The highest BCUT2D eigenvalue weighted by Crippen LogP contribution is 2.35. The van der Waals surface area contributed by atoms with Crippen molar-refractivity contribution >= 4 is 48.0 Å². The van der Waals surface area contributed by atoms with Crippen LogP contribution < -0.4 is 19.7 Å². The summed E-state index contributed by atoms with van der Waals surface area (Å²) in [5, 5.41) is 14.4. The number of fused-ring (bicyclic) bond motifs is 1. The number of piperazine rings is 1. The number of halogens is 3. The molecule has 0 radical (unpaired) electrons. The molecule has 0 aliphatic carbocycles. The number of aliphatic hydroxyl groups excluding tert-OH is 1. The predicted octanol–water partition coefficient (Wildman–Crippen LogP) is 4.58. The van der Waals surface area contributed by atoms with Crippen molar-refractivity contribution in [2.24, 2.45) is 0 Å². The third kappa shape index (κ3) is 7.21. The molecule has 224 valence electrons. The topological polar surface area (TPSA) is 92.1 Å². The van der Waals surface area contributed by atoms with E-state index < -0.39 is 6.10 Å². The first-order chi connectivity index (χ1) is 18.9. The van der Waals surface area contributed by atoms with Crippen molar-refractivity contribution in [3.8, 4) is 17.2 Å². The second-order valence-electron chi connectivity index (χ2n) is 10.1. The maximum Gasteiger partial charge on any atom is 0.271 e. The van der Waals surface area contributed by atoms with Gasteiger partial charge in [0.05, 0.1) is 17.5 Å². The Hall–Kier alpha value is -2.69. The Kier molecular flexibility index (Phi) is 11.6. The van der Waals surface area contributed by atoms with Crippen molar-refractivity contribution < 1.29 is 19.4 Å². The quantitative estimate of drug-likeness (QED) is 0.359. The number of hydrogen-bond donors (Lipinski definition) is 2. The Bertz CT molecular complexity index is 1340. The van der Waals surface area contributed by atoms with Gasteiger partial charge >= 0.3 is 0 Å². The minimum absolute atomic E-state index is 0.